The van der Waals surface area contributed by atoms with Crippen LogP contribution >= 0.6 is 11.6 Å². The van der Waals surface area contributed by atoms with Gasteiger partial charge in [0.25, 0.3) is 0 Å². The van der Waals surface area contributed by atoms with Crippen LogP contribution in [-0.2, 0) is 4.74 Å². The van der Waals surface area contributed by atoms with Crippen molar-refractivity contribution in [3.63, 3.8) is 0 Å². The molecule has 23 heavy (non-hydrogen) atoms. The highest BCUT2D eigenvalue weighted by atomic mass is 35.5. The van der Waals surface area contributed by atoms with Gasteiger partial charge >= 0.3 is 5.97 Å². The van der Waals surface area contributed by atoms with E-state index < -0.39 is 5.97 Å². The van der Waals surface area contributed by atoms with E-state index >= 15 is 0 Å². The Morgan fingerprint density at radius 2 is 1.48 bits per heavy atom. The Hall–Kier alpha value is -2.65. The van der Waals surface area contributed by atoms with Gasteiger partial charge in [-0.1, -0.05) is 41.9 Å². The van der Waals surface area contributed by atoms with Crippen molar-refractivity contribution < 1.29 is 14.3 Å². The second-order valence-corrected chi connectivity index (χ2v) is 5.47. The van der Waals surface area contributed by atoms with E-state index in [9.17, 15) is 9.59 Å². The van der Waals surface area contributed by atoms with Gasteiger partial charge in [0.05, 0.1) is 12.7 Å². The molecule has 0 aromatic heterocycles. The molecule has 0 aliphatic carbocycles. The van der Waals surface area contributed by atoms with Crippen LogP contribution in [0.25, 0.3) is 10.8 Å². The van der Waals surface area contributed by atoms with Gasteiger partial charge in [-0.05, 0) is 35.7 Å². The Balaban J connectivity index is 2.23. The number of methoxy groups -OCH3 is 1. The number of benzene rings is 3. The maximum atomic E-state index is 12.8. The van der Waals surface area contributed by atoms with Crippen molar-refractivity contribution in [1.82, 2.24) is 0 Å². The van der Waals surface area contributed by atoms with Gasteiger partial charge in [-0.15, -0.1) is 0 Å². The minimum Gasteiger partial charge on any atom is -0.465 e. The number of hydrogen-bond donors (Lipinski definition) is 0. The second kappa shape index (κ2) is 6.23. The lowest BCUT2D eigenvalue weighted by Crippen LogP contribution is -2.07. The van der Waals surface area contributed by atoms with Gasteiger partial charge in [-0.2, -0.15) is 0 Å². The largest absolute Gasteiger partial charge is 0.465 e. The third-order valence-corrected chi connectivity index (χ3v) is 3.91. The van der Waals surface area contributed by atoms with Gasteiger partial charge in [-0.3, -0.25) is 4.79 Å². The molecule has 0 spiro atoms. The van der Waals surface area contributed by atoms with E-state index in [2.05, 4.69) is 0 Å². The molecule has 3 aromatic rings. The predicted molar refractivity (Wildman–Crippen MR) is 90.2 cm³/mol. The van der Waals surface area contributed by atoms with Crippen molar-refractivity contribution in [2.24, 2.45) is 0 Å². The van der Waals surface area contributed by atoms with Crippen molar-refractivity contribution >= 4 is 34.1 Å². The lowest BCUT2D eigenvalue weighted by atomic mass is 9.94. The van der Waals surface area contributed by atoms with Crippen LogP contribution < -0.4 is 0 Å². The molecule has 0 heterocycles. The minimum atomic E-state index is -0.466. The molecule has 3 aromatic carbocycles. The maximum absolute atomic E-state index is 12.8. The van der Waals surface area contributed by atoms with Gasteiger partial charge in [0.15, 0.2) is 5.78 Å². The smallest absolute Gasteiger partial charge is 0.338 e. The standard InChI is InChI=1S/C19H13ClO3/c1-23-19(22)16-7-3-5-12-4-2-6-15(17(12)16)18(21)13-8-10-14(20)11-9-13/h2-11H,1H3. The molecule has 0 fully saturated rings. The predicted octanol–water partition coefficient (Wildman–Crippen LogP) is 4.51. The van der Waals surface area contributed by atoms with E-state index in [1.807, 2.05) is 12.1 Å². The lowest BCUT2D eigenvalue weighted by Gasteiger charge is -2.10. The first kappa shape index (κ1) is 15.3. The van der Waals surface area contributed by atoms with Crippen LogP contribution in [0.2, 0.25) is 5.02 Å². The molecule has 0 radical (unpaired) electrons. The van der Waals surface area contributed by atoms with Gasteiger partial charge in [0, 0.05) is 21.5 Å². The fourth-order valence-electron chi connectivity index (χ4n) is 2.57. The molecule has 3 nitrogen and oxygen atoms in total. The molecule has 0 unspecified atom stereocenters. The average molecular weight is 325 g/mol. The van der Waals surface area contributed by atoms with Crippen LogP contribution in [0.5, 0.6) is 0 Å². The Morgan fingerprint density at radius 3 is 2.09 bits per heavy atom. The third-order valence-electron chi connectivity index (χ3n) is 3.66. The SMILES string of the molecule is COC(=O)c1cccc2cccc(C(=O)c3ccc(Cl)cc3)c12. The Bertz CT molecular complexity index is 893. The van der Waals surface area contributed by atoms with E-state index in [4.69, 9.17) is 16.3 Å². The Morgan fingerprint density at radius 1 is 0.870 bits per heavy atom. The zero-order chi connectivity index (χ0) is 16.4. The van der Waals surface area contributed by atoms with Crippen molar-refractivity contribution in [3.8, 4) is 0 Å². The summed E-state index contributed by atoms with van der Waals surface area (Å²) in [6.07, 6.45) is 0. The summed E-state index contributed by atoms with van der Waals surface area (Å²) in [5, 5.41) is 1.98. The monoisotopic (exact) mass is 324 g/mol. The van der Waals surface area contributed by atoms with Gasteiger partial charge in [0.2, 0.25) is 0 Å². The fourth-order valence-corrected chi connectivity index (χ4v) is 2.69. The molecule has 4 heteroatoms. The van der Waals surface area contributed by atoms with Crippen LogP contribution in [0.15, 0.2) is 60.7 Å². The van der Waals surface area contributed by atoms with Crippen molar-refractivity contribution in [2.75, 3.05) is 7.11 Å². The van der Waals surface area contributed by atoms with E-state index in [1.54, 1.807) is 48.5 Å². The Kier molecular flexibility index (Phi) is 4.13. The number of rotatable bonds is 3. The van der Waals surface area contributed by atoms with E-state index in [1.165, 1.54) is 7.11 Å². The molecule has 114 valence electrons. The number of hydrogen-bond acceptors (Lipinski definition) is 3. The Labute approximate surface area is 138 Å². The lowest BCUT2D eigenvalue weighted by molar-refractivity contribution is 0.0603. The number of fused-ring (bicyclic) bond motifs is 1. The van der Waals surface area contributed by atoms with Crippen LogP contribution in [-0.4, -0.2) is 18.9 Å². The number of ether oxygens (including phenoxy) is 1. The zero-order valence-electron chi connectivity index (χ0n) is 12.4. The molecule has 0 N–H and O–H groups in total. The van der Waals surface area contributed by atoms with E-state index in [0.29, 0.717) is 27.1 Å². The molecule has 0 bridgehead atoms. The maximum Gasteiger partial charge on any atom is 0.338 e. The topological polar surface area (TPSA) is 43.4 Å². The first-order valence-electron chi connectivity index (χ1n) is 7.02. The molecule has 0 atom stereocenters. The summed E-state index contributed by atoms with van der Waals surface area (Å²) < 4.78 is 4.83. The quantitative estimate of drug-likeness (QED) is 0.526. The number of carbonyl (C=O) groups excluding carboxylic acids is 2. The van der Waals surface area contributed by atoms with Crippen LogP contribution in [0.3, 0.4) is 0 Å². The van der Waals surface area contributed by atoms with Crippen LogP contribution in [0, 0.1) is 0 Å². The molecule has 0 aliphatic rings. The fraction of sp³-hybridized carbons (Fsp3) is 0.0526. The molecule has 0 aliphatic heterocycles. The van der Waals surface area contributed by atoms with Gasteiger partial charge in [0.1, 0.15) is 0 Å². The number of carbonyl (C=O) groups is 2. The number of halogens is 1. The molecule has 0 amide bonds. The van der Waals surface area contributed by atoms with Crippen molar-refractivity contribution in [3.05, 3.63) is 82.4 Å². The molecule has 3 rings (SSSR count). The summed E-state index contributed by atoms with van der Waals surface area (Å²) in [6, 6.07) is 17.3. The molecular weight excluding hydrogens is 312 g/mol. The summed E-state index contributed by atoms with van der Waals surface area (Å²) >= 11 is 5.87. The molecular formula is C19H13ClO3. The van der Waals surface area contributed by atoms with Crippen molar-refractivity contribution in [1.29, 1.82) is 0 Å². The van der Waals surface area contributed by atoms with Crippen molar-refractivity contribution in [2.45, 2.75) is 0 Å². The number of ketones is 1. The molecule has 0 saturated heterocycles. The van der Waals surface area contributed by atoms with Crippen LogP contribution in [0.4, 0.5) is 0 Å². The number of esters is 1. The zero-order valence-corrected chi connectivity index (χ0v) is 13.1. The summed E-state index contributed by atoms with van der Waals surface area (Å²) in [5.41, 5.74) is 1.36. The summed E-state index contributed by atoms with van der Waals surface area (Å²) in [4.78, 5) is 24.9. The van der Waals surface area contributed by atoms with Gasteiger partial charge < -0.3 is 4.74 Å². The summed E-state index contributed by atoms with van der Waals surface area (Å²) in [5.74, 6) is -0.629. The highest BCUT2D eigenvalue weighted by molar-refractivity contribution is 6.30. The first-order chi connectivity index (χ1) is 11.1. The highest BCUT2D eigenvalue weighted by Crippen LogP contribution is 2.26. The second-order valence-electron chi connectivity index (χ2n) is 5.04. The molecule has 0 saturated carbocycles. The minimum absolute atomic E-state index is 0.163. The summed E-state index contributed by atoms with van der Waals surface area (Å²) in [7, 11) is 1.32. The van der Waals surface area contributed by atoms with E-state index in [0.717, 1.165) is 5.39 Å². The first-order valence-corrected chi connectivity index (χ1v) is 7.40. The summed E-state index contributed by atoms with van der Waals surface area (Å²) in [6.45, 7) is 0. The van der Waals surface area contributed by atoms with Crippen LogP contribution in [0.1, 0.15) is 26.3 Å². The normalized spacial score (nSPS) is 10.5. The van der Waals surface area contributed by atoms with E-state index in [-0.39, 0.29) is 5.78 Å². The average Bonchev–Trinajstić information content (AvgIpc) is 2.60. The highest BCUT2D eigenvalue weighted by Gasteiger charge is 2.18. The third kappa shape index (κ3) is 2.83. The van der Waals surface area contributed by atoms with Gasteiger partial charge in [-0.25, -0.2) is 4.79 Å².